The van der Waals surface area contributed by atoms with Gasteiger partial charge in [-0.3, -0.25) is 4.90 Å². The molecule has 0 aromatic heterocycles. The smallest absolute Gasteiger partial charge is 0.146 e. The fourth-order valence-corrected chi connectivity index (χ4v) is 2.67. The fraction of sp³-hybridized carbons (Fsp3) is 0.647. The van der Waals surface area contributed by atoms with E-state index in [0.29, 0.717) is 0 Å². The van der Waals surface area contributed by atoms with Crippen LogP contribution in [0.15, 0.2) is 24.3 Å². The summed E-state index contributed by atoms with van der Waals surface area (Å²) in [6, 6.07) is 7.07. The van der Waals surface area contributed by atoms with Gasteiger partial charge in [-0.2, -0.15) is 0 Å². The van der Waals surface area contributed by atoms with Gasteiger partial charge in [-0.25, -0.2) is 4.39 Å². The number of hydrogen-bond donors (Lipinski definition) is 1. The van der Waals surface area contributed by atoms with E-state index in [1.807, 2.05) is 12.1 Å². The molecule has 2 rings (SSSR count). The minimum absolute atomic E-state index is 0.110. The lowest BCUT2D eigenvalue weighted by molar-refractivity contribution is 0.256. The third-order valence-electron chi connectivity index (χ3n) is 4.07. The molecule has 0 bridgehead atoms. The summed E-state index contributed by atoms with van der Waals surface area (Å²) in [5.74, 6) is 0.656. The summed E-state index contributed by atoms with van der Waals surface area (Å²) in [5.41, 5.74) is 0.743. The van der Waals surface area contributed by atoms with Crippen LogP contribution < -0.4 is 10.2 Å². The molecule has 3 nitrogen and oxygen atoms in total. The number of halogens is 1. The molecule has 118 valence electrons. The van der Waals surface area contributed by atoms with Gasteiger partial charge in [-0.1, -0.05) is 26.0 Å². The van der Waals surface area contributed by atoms with E-state index in [1.54, 1.807) is 12.1 Å². The first-order chi connectivity index (χ1) is 10.2. The van der Waals surface area contributed by atoms with Gasteiger partial charge in [-0.05, 0) is 31.0 Å². The number of anilines is 1. The summed E-state index contributed by atoms with van der Waals surface area (Å²) in [7, 11) is 0. The zero-order valence-electron chi connectivity index (χ0n) is 13.3. The van der Waals surface area contributed by atoms with Gasteiger partial charge in [0.15, 0.2) is 0 Å². The summed E-state index contributed by atoms with van der Waals surface area (Å²) in [5, 5.41) is 3.50. The highest BCUT2D eigenvalue weighted by atomic mass is 19.1. The molecule has 1 saturated heterocycles. The van der Waals surface area contributed by atoms with Crippen molar-refractivity contribution in [3.05, 3.63) is 30.1 Å². The van der Waals surface area contributed by atoms with Crippen molar-refractivity contribution >= 4 is 5.69 Å². The van der Waals surface area contributed by atoms with Crippen LogP contribution in [0.1, 0.15) is 20.3 Å². The molecule has 0 spiro atoms. The van der Waals surface area contributed by atoms with Crippen molar-refractivity contribution in [3.63, 3.8) is 0 Å². The van der Waals surface area contributed by atoms with E-state index in [1.165, 1.54) is 6.42 Å². The van der Waals surface area contributed by atoms with Gasteiger partial charge >= 0.3 is 0 Å². The molecular weight excluding hydrogens is 265 g/mol. The second-order valence-corrected chi connectivity index (χ2v) is 6.21. The van der Waals surface area contributed by atoms with Crippen molar-refractivity contribution in [2.75, 3.05) is 50.7 Å². The molecule has 1 aliphatic heterocycles. The third kappa shape index (κ3) is 5.29. The minimum Gasteiger partial charge on any atom is -0.367 e. The zero-order chi connectivity index (χ0) is 15.1. The van der Waals surface area contributed by atoms with E-state index in [9.17, 15) is 4.39 Å². The average molecular weight is 293 g/mol. The minimum atomic E-state index is -0.110. The number of benzene rings is 1. The first-order valence-electron chi connectivity index (χ1n) is 8.09. The molecule has 1 aliphatic rings. The first-order valence-corrected chi connectivity index (χ1v) is 8.09. The van der Waals surface area contributed by atoms with Gasteiger partial charge < -0.3 is 10.2 Å². The van der Waals surface area contributed by atoms with Crippen LogP contribution in [0, 0.1) is 11.7 Å². The predicted molar refractivity (Wildman–Crippen MR) is 87.4 cm³/mol. The van der Waals surface area contributed by atoms with Crippen LogP contribution in [-0.2, 0) is 0 Å². The number of hydrogen-bond acceptors (Lipinski definition) is 3. The summed E-state index contributed by atoms with van der Waals surface area (Å²) in [4.78, 5) is 4.61. The molecule has 4 heteroatoms. The van der Waals surface area contributed by atoms with Crippen LogP contribution in [0.3, 0.4) is 0 Å². The second kappa shape index (κ2) is 8.35. The van der Waals surface area contributed by atoms with Gasteiger partial charge in [0, 0.05) is 39.3 Å². The summed E-state index contributed by atoms with van der Waals surface area (Å²) < 4.78 is 13.8. The van der Waals surface area contributed by atoms with Gasteiger partial charge in [0.05, 0.1) is 5.69 Å². The SMILES string of the molecule is CC(C)CCNCCN1CCN(c2ccccc2F)CC1. The van der Waals surface area contributed by atoms with E-state index < -0.39 is 0 Å². The molecule has 1 heterocycles. The second-order valence-electron chi connectivity index (χ2n) is 6.21. The topological polar surface area (TPSA) is 18.5 Å². The normalized spacial score (nSPS) is 16.7. The highest BCUT2D eigenvalue weighted by Gasteiger charge is 2.18. The van der Waals surface area contributed by atoms with Crippen molar-refractivity contribution in [1.82, 2.24) is 10.2 Å². The van der Waals surface area contributed by atoms with E-state index in [0.717, 1.165) is 57.4 Å². The van der Waals surface area contributed by atoms with E-state index in [-0.39, 0.29) is 5.82 Å². The molecule has 0 saturated carbocycles. The van der Waals surface area contributed by atoms with Crippen molar-refractivity contribution < 1.29 is 4.39 Å². The maximum absolute atomic E-state index is 13.8. The Morgan fingerprint density at radius 3 is 2.48 bits per heavy atom. The van der Waals surface area contributed by atoms with Crippen molar-refractivity contribution in [1.29, 1.82) is 0 Å². The monoisotopic (exact) mass is 293 g/mol. The molecule has 0 amide bonds. The maximum atomic E-state index is 13.8. The van der Waals surface area contributed by atoms with E-state index in [2.05, 4.69) is 29.0 Å². The van der Waals surface area contributed by atoms with Crippen LogP contribution in [0.4, 0.5) is 10.1 Å². The Kier molecular flexibility index (Phi) is 6.46. The Hall–Kier alpha value is -1.13. The van der Waals surface area contributed by atoms with Crippen molar-refractivity contribution in [2.45, 2.75) is 20.3 Å². The molecule has 0 aliphatic carbocycles. The Labute approximate surface area is 128 Å². The number of nitrogens with zero attached hydrogens (tertiary/aromatic N) is 2. The highest BCUT2D eigenvalue weighted by Crippen LogP contribution is 2.19. The average Bonchev–Trinajstić information content (AvgIpc) is 2.48. The molecule has 0 unspecified atom stereocenters. The van der Waals surface area contributed by atoms with Gasteiger partial charge in [-0.15, -0.1) is 0 Å². The summed E-state index contributed by atoms with van der Waals surface area (Å²) >= 11 is 0. The summed E-state index contributed by atoms with van der Waals surface area (Å²) in [6.45, 7) is 11.6. The lowest BCUT2D eigenvalue weighted by atomic mass is 10.1. The van der Waals surface area contributed by atoms with Crippen molar-refractivity contribution in [2.24, 2.45) is 5.92 Å². The number of piperazine rings is 1. The van der Waals surface area contributed by atoms with Crippen molar-refractivity contribution in [3.8, 4) is 0 Å². The predicted octanol–water partition coefficient (Wildman–Crippen LogP) is 2.58. The Morgan fingerprint density at radius 2 is 1.81 bits per heavy atom. The highest BCUT2D eigenvalue weighted by molar-refractivity contribution is 5.47. The molecular formula is C17H28FN3. The number of nitrogens with one attached hydrogen (secondary N) is 1. The lowest BCUT2D eigenvalue weighted by Gasteiger charge is -2.36. The summed E-state index contributed by atoms with van der Waals surface area (Å²) in [6.07, 6.45) is 1.24. The van der Waals surface area contributed by atoms with Gasteiger partial charge in [0.1, 0.15) is 5.82 Å². The Balaban J connectivity index is 1.66. The largest absolute Gasteiger partial charge is 0.367 e. The fourth-order valence-electron chi connectivity index (χ4n) is 2.67. The standard InChI is InChI=1S/C17H28FN3/c1-15(2)7-8-19-9-10-20-11-13-21(14-12-20)17-6-4-3-5-16(17)18/h3-6,15,19H,7-14H2,1-2H3. The zero-order valence-corrected chi connectivity index (χ0v) is 13.3. The Morgan fingerprint density at radius 1 is 1.10 bits per heavy atom. The number of para-hydroxylation sites is 1. The molecule has 0 atom stereocenters. The molecule has 1 N–H and O–H groups in total. The quantitative estimate of drug-likeness (QED) is 0.780. The molecule has 21 heavy (non-hydrogen) atoms. The third-order valence-corrected chi connectivity index (χ3v) is 4.07. The molecule has 1 fully saturated rings. The van der Waals surface area contributed by atoms with Crippen LogP contribution >= 0.6 is 0 Å². The molecule has 0 radical (unpaired) electrons. The van der Waals surface area contributed by atoms with Crippen LogP contribution in [0.25, 0.3) is 0 Å². The van der Waals surface area contributed by atoms with Gasteiger partial charge in [0.25, 0.3) is 0 Å². The van der Waals surface area contributed by atoms with E-state index in [4.69, 9.17) is 0 Å². The molecule has 1 aromatic rings. The van der Waals surface area contributed by atoms with Gasteiger partial charge in [0.2, 0.25) is 0 Å². The maximum Gasteiger partial charge on any atom is 0.146 e. The lowest BCUT2D eigenvalue weighted by Crippen LogP contribution is -2.48. The Bertz CT molecular complexity index is 414. The molecule has 1 aromatic carbocycles. The van der Waals surface area contributed by atoms with Crippen LogP contribution in [0.2, 0.25) is 0 Å². The number of rotatable bonds is 7. The van der Waals surface area contributed by atoms with Crippen LogP contribution in [-0.4, -0.2) is 50.7 Å². The van der Waals surface area contributed by atoms with Crippen LogP contribution in [0.5, 0.6) is 0 Å². The van der Waals surface area contributed by atoms with E-state index >= 15 is 0 Å². The first kappa shape index (κ1) is 16.2.